The van der Waals surface area contributed by atoms with Crippen molar-refractivity contribution in [2.24, 2.45) is 5.73 Å². The molecule has 2 aromatic rings. The van der Waals surface area contributed by atoms with Gasteiger partial charge in [-0.3, -0.25) is 4.79 Å². The molecule has 3 N–H and O–H groups in total. The zero-order valence-electron chi connectivity index (χ0n) is 11.9. The van der Waals surface area contributed by atoms with Crippen molar-refractivity contribution in [3.8, 4) is 0 Å². The lowest BCUT2D eigenvalue weighted by molar-refractivity contribution is 0.0996. The van der Waals surface area contributed by atoms with Crippen LogP contribution in [0.15, 0.2) is 47.4 Å². The highest BCUT2D eigenvalue weighted by molar-refractivity contribution is 7.98. The van der Waals surface area contributed by atoms with Crippen molar-refractivity contribution in [1.29, 1.82) is 0 Å². The summed E-state index contributed by atoms with van der Waals surface area (Å²) in [5.74, 6) is -1.38. The SMILES string of the molecule is CSc1ccc(C(C)Nc2ccc(F)c(C(N)=O)c2)cc1. The molecule has 0 radical (unpaired) electrons. The van der Waals surface area contributed by atoms with Gasteiger partial charge in [-0.1, -0.05) is 12.1 Å². The van der Waals surface area contributed by atoms with E-state index in [4.69, 9.17) is 5.73 Å². The maximum absolute atomic E-state index is 13.4. The standard InChI is InChI=1S/C16H17FN2OS/c1-10(11-3-6-13(21-2)7-4-11)19-12-5-8-15(17)14(9-12)16(18)20/h3-10,19H,1-2H3,(H2,18,20). The predicted octanol–water partition coefficient (Wildman–Crippen LogP) is 3.82. The third-order valence-corrected chi connectivity index (χ3v) is 3.97. The lowest BCUT2D eigenvalue weighted by Gasteiger charge is -2.16. The van der Waals surface area contributed by atoms with Crippen LogP contribution in [0.25, 0.3) is 0 Å². The molecule has 1 unspecified atom stereocenters. The Morgan fingerprint density at radius 3 is 2.48 bits per heavy atom. The van der Waals surface area contributed by atoms with Crippen molar-refractivity contribution < 1.29 is 9.18 Å². The average molecular weight is 304 g/mol. The highest BCUT2D eigenvalue weighted by Crippen LogP contribution is 2.23. The second-order valence-electron chi connectivity index (χ2n) is 4.70. The summed E-state index contributed by atoms with van der Waals surface area (Å²) in [4.78, 5) is 12.4. The molecule has 0 spiro atoms. The van der Waals surface area contributed by atoms with Gasteiger partial charge in [0, 0.05) is 16.6 Å². The molecular weight excluding hydrogens is 287 g/mol. The van der Waals surface area contributed by atoms with Crippen molar-refractivity contribution in [3.05, 3.63) is 59.4 Å². The van der Waals surface area contributed by atoms with Gasteiger partial charge in [-0.15, -0.1) is 11.8 Å². The van der Waals surface area contributed by atoms with E-state index in [-0.39, 0.29) is 11.6 Å². The number of halogens is 1. The third-order valence-electron chi connectivity index (χ3n) is 3.23. The van der Waals surface area contributed by atoms with Crippen LogP contribution in [-0.4, -0.2) is 12.2 Å². The Morgan fingerprint density at radius 2 is 1.90 bits per heavy atom. The summed E-state index contributed by atoms with van der Waals surface area (Å²) in [6.07, 6.45) is 2.03. The lowest BCUT2D eigenvalue weighted by Crippen LogP contribution is -2.14. The number of primary amides is 1. The first kappa shape index (κ1) is 15.4. The van der Waals surface area contributed by atoms with Gasteiger partial charge in [-0.05, 0) is 49.1 Å². The molecule has 0 heterocycles. The number of carbonyl (C=O) groups is 1. The first-order valence-electron chi connectivity index (χ1n) is 6.51. The highest BCUT2D eigenvalue weighted by atomic mass is 32.2. The van der Waals surface area contributed by atoms with E-state index < -0.39 is 11.7 Å². The number of benzene rings is 2. The van der Waals surface area contributed by atoms with Crippen LogP contribution in [0, 0.1) is 5.82 Å². The number of anilines is 1. The van der Waals surface area contributed by atoms with Crippen LogP contribution >= 0.6 is 11.8 Å². The minimum absolute atomic E-state index is 0.0343. The number of hydrogen-bond acceptors (Lipinski definition) is 3. The fraction of sp³-hybridized carbons (Fsp3) is 0.188. The summed E-state index contributed by atoms with van der Waals surface area (Å²) in [5, 5.41) is 3.24. The normalized spacial score (nSPS) is 12.0. The number of nitrogens with two attached hydrogens (primary N) is 1. The quantitative estimate of drug-likeness (QED) is 0.826. The van der Waals surface area contributed by atoms with Gasteiger partial charge in [0.1, 0.15) is 5.82 Å². The molecule has 0 fully saturated rings. The minimum Gasteiger partial charge on any atom is -0.378 e. The lowest BCUT2D eigenvalue weighted by atomic mass is 10.1. The van der Waals surface area contributed by atoms with Crippen molar-refractivity contribution in [2.75, 3.05) is 11.6 Å². The monoisotopic (exact) mass is 304 g/mol. The van der Waals surface area contributed by atoms with E-state index in [2.05, 4.69) is 17.4 Å². The number of amides is 1. The van der Waals surface area contributed by atoms with Gasteiger partial charge in [-0.25, -0.2) is 4.39 Å². The fourth-order valence-corrected chi connectivity index (χ4v) is 2.44. The molecular formula is C16H17FN2OS. The van der Waals surface area contributed by atoms with Gasteiger partial charge in [0.15, 0.2) is 0 Å². The van der Waals surface area contributed by atoms with Crippen LogP contribution in [0.2, 0.25) is 0 Å². The first-order valence-corrected chi connectivity index (χ1v) is 7.73. The van der Waals surface area contributed by atoms with E-state index in [0.29, 0.717) is 5.69 Å². The van der Waals surface area contributed by atoms with Crippen LogP contribution in [0.1, 0.15) is 28.9 Å². The molecule has 0 aliphatic rings. The van der Waals surface area contributed by atoms with Crippen molar-refractivity contribution in [1.82, 2.24) is 0 Å². The van der Waals surface area contributed by atoms with E-state index >= 15 is 0 Å². The molecule has 0 aliphatic heterocycles. The summed E-state index contributed by atoms with van der Waals surface area (Å²) in [6, 6.07) is 12.5. The smallest absolute Gasteiger partial charge is 0.251 e. The Morgan fingerprint density at radius 1 is 1.24 bits per heavy atom. The Balaban J connectivity index is 2.16. The van der Waals surface area contributed by atoms with Crippen LogP contribution in [0.4, 0.5) is 10.1 Å². The van der Waals surface area contributed by atoms with Crippen LogP contribution < -0.4 is 11.1 Å². The highest BCUT2D eigenvalue weighted by Gasteiger charge is 2.11. The Bertz CT molecular complexity index is 643. The molecule has 1 amide bonds. The van der Waals surface area contributed by atoms with E-state index in [9.17, 15) is 9.18 Å². The van der Waals surface area contributed by atoms with Crippen molar-refractivity contribution in [3.63, 3.8) is 0 Å². The van der Waals surface area contributed by atoms with Crippen LogP contribution in [0.3, 0.4) is 0 Å². The van der Waals surface area contributed by atoms with Crippen LogP contribution in [-0.2, 0) is 0 Å². The molecule has 0 aliphatic carbocycles. The molecule has 0 saturated heterocycles. The average Bonchev–Trinajstić information content (AvgIpc) is 2.49. The largest absolute Gasteiger partial charge is 0.378 e. The summed E-state index contributed by atoms with van der Waals surface area (Å²) in [6.45, 7) is 2.00. The Labute approximate surface area is 127 Å². The van der Waals surface area contributed by atoms with Gasteiger partial charge in [0.25, 0.3) is 5.91 Å². The van der Waals surface area contributed by atoms with Gasteiger partial charge in [0.2, 0.25) is 0 Å². The molecule has 21 heavy (non-hydrogen) atoms. The van der Waals surface area contributed by atoms with E-state index in [1.165, 1.54) is 17.0 Å². The van der Waals surface area contributed by atoms with Crippen LogP contribution in [0.5, 0.6) is 0 Å². The summed E-state index contributed by atoms with van der Waals surface area (Å²) in [5.41, 5.74) is 6.81. The fourth-order valence-electron chi connectivity index (χ4n) is 2.03. The second kappa shape index (κ2) is 6.63. The molecule has 1 atom stereocenters. The maximum atomic E-state index is 13.4. The van der Waals surface area contributed by atoms with Gasteiger partial charge in [0.05, 0.1) is 5.56 Å². The van der Waals surface area contributed by atoms with Gasteiger partial charge < -0.3 is 11.1 Å². The third kappa shape index (κ3) is 3.76. The minimum atomic E-state index is -0.770. The summed E-state index contributed by atoms with van der Waals surface area (Å²) < 4.78 is 13.4. The molecule has 2 aromatic carbocycles. The molecule has 0 aromatic heterocycles. The zero-order chi connectivity index (χ0) is 15.4. The molecule has 5 heteroatoms. The number of carbonyl (C=O) groups excluding carboxylic acids is 1. The number of rotatable bonds is 5. The van der Waals surface area contributed by atoms with E-state index in [1.54, 1.807) is 17.8 Å². The summed E-state index contributed by atoms with van der Waals surface area (Å²) >= 11 is 1.69. The van der Waals surface area contributed by atoms with E-state index in [0.717, 1.165) is 5.56 Å². The number of hydrogen-bond donors (Lipinski definition) is 2. The van der Waals surface area contributed by atoms with E-state index in [1.807, 2.05) is 25.3 Å². The molecule has 0 saturated carbocycles. The Kier molecular flexibility index (Phi) is 4.85. The first-order chi connectivity index (χ1) is 10.0. The molecule has 110 valence electrons. The maximum Gasteiger partial charge on any atom is 0.251 e. The molecule has 3 nitrogen and oxygen atoms in total. The predicted molar refractivity (Wildman–Crippen MR) is 85.2 cm³/mol. The number of thioether (sulfide) groups is 1. The zero-order valence-corrected chi connectivity index (χ0v) is 12.7. The summed E-state index contributed by atoms with van der Waals surface area (Å²) in [7, 11) is 0. The second-order valence-corrected chi connectivity index (χ2v) is 5.58. The molecule has 2 rings (SSSR count). The Hall–Kier alpha value is -2.01. The molecule has 0 bridgehead atoms. The topological polar surface area (TPSA) is 55.1 Å². The van der Waals surface area contributed by atoms with Gasteiger partial charge >= 0.3 is 0 Å². The van der Waals surface area contributed by atoms with Crippen molar-refractivity contribution in [2.45, 2.75) is 17.9 Å². The van der Waals surface area contributed by atoms with Crippen molar-refractivity contribution >= 4 is 23.4 Å². The number of nitrogens with one attached hydrogen (secondary N) is 1. The van der Waals surface area contributed by atoms with Gasteiger partial charge in [-0.2, -0.15) is 0 Å².